The molecule has 0 unspecified atom stereocenters. The fraction of sp³-hybridized carbons (Fsp3) is 0.348. The van der Waals surface area contributed by atoms with Gasteiger partial charge in [-0.15, -0.1) is 0 Å². The molecule has 0 amide bonds. The molecular formula is C23H26N8O. The van der Waals surface area contributed by atoms with Crippen LogP contribution in [0.3, 0.4) is 0 Å². The van der Waals surface area contributed by atoms with E-state index in [2.05, 4.69) is 50.5 Å². The number of benzene rings is 1. The van der Waals surface area contributed by atoms with Crippen molar-refractivity contribution < 1.29 is 4.79 Å². The van der Waals surface area contributed by atoms with E-state index in [1.54, 1.807) is 19.3 Å². The molecule has 1 aliphatic heterocycles. The normalized spacial score (nSPS) is 14.4. The molecule has 3 aromatic heterocycles. The summed E-state index contributed by atoms with van der Waals surface area (Å²) in [7, 11) is 0. The molecule has 4 heterocycles. The Bertz CT molecular complexity index is 1290. The first-order valence-corrected chi connectivity index (χ1v) is 10.9. The molecule has 0 atom stereocenters. The number of ketones is 1. The SMILES string of the molecule is CC(=O)c1cc2cnc(Nc3ccc(N4CCNCC4)cn3)nc2c2c1cnn2C(C)C. The molecule has 9 heteroatoms. The maximum atomic E-state index is 12.2. The highest BCUT2D eigenvalue weighted by atomic mass is 16.1. The first kappa shape index (κ1) is 20.3. The van der Waals surface area contributed by atoms with Crippen molar-refractivity contribution in [3.63, 3.8) is 0 Å². The topological polar surface area (TPSA) is 101 Å². The average Bonchev–Trinajstić information content (AvgIpc) is 3.25. The average molecular weight is 431 g/mol. The predicted molar refractivity (Wildman–Crippen MR) is 126 cm³/mol. The lowest BCUT2D eigenvalue weighted by molar-refractivity contribution is 0.101. The second-order valence-corrected chi connectivity index (χ2v) is 8.32. The molecule has 1 saturated heterocycles. The van der Waals surface area contributed by atoms with Crippen molar-refractivity contribution in [3.05, 3.63) is 42.4 Å². The van der Waals surface area contributed by atoms with Crippen LogP contribution in [0, 0.1) is 0 Å². The Morgan fingerprint density at radius 2 is 1.94 bits per heavy atom. The molecule has 164 valence electrons. The van der Waals surface area contributed by atoms with Crippen molar-refractivity contribution in [1.29, 1.82) is 0 Å². The van der Waals surface area contributed by atoms with E-state index in [1.807, 2.05) is 23.0 Å². The number of carbonyl (C=O) groups is 1. The van der Waals surface area contributed by atoms with Crippen LogP contribution in [0.15, 0.2) is 36.8 Å². The number of fused-ring (bicyclic) bond motifs is 3. The standard InChI is InChI=1S/C23H26N8O/c1-14(2)31-22-19(13-27-31)18(15(3)32)10-16-11-26-23(29-21(16)22)28-20-5-4-17(12-25-20)30-8-6-24-7-9-30/h4-5,10-14,24H,6-9H2,1-3H3,(H,25,26,28,29). The van der Waals surface area contributed by atoms with Gasteiger partial charge in [0.2, 0.25) is 5.95 Å². The van der Waals surface area contributed by atoms with Crippen molar-refractivity contribution in [2.75, 3.05) is 36.4 Å². The first-order chi connectivity index (χ1) is 15.5. The summed E-state index contributed by atoms with van der Waals surface area (Å²) in [5, 5.41) is 12.7. The van der Waals surface area contributed by atoms with E-state index < -0.39 is 0 Å². The van der Waals surface area contributed by atoms with E-state index in [0.717, 1.165) is 53.7 Å². The zero-order valence-electron chi connectivity index (χ0n) is 18.5. The molecule has 9 nitrogen and oxygen atoms in total. The van der Waals surface area contributed by atoms with Crippen molar-refractivity contribution in [1.82, 2.24) is 30.0 Å². The van der Waals surface area contributed by atoms with E-state index in [0.29, 0.717) is 17.3 Å². The summed E-state index contributed by atoms with van der Waals surface area (Å²) < 4.78 is 1.90. The molecule has 2 N–H and O–H groups in total. The number of nitrogens with zero attached hydrogens (tertiary/aromatic N) is 6. The Morgan fingerprint density at radius 3 is 2.62 bits per heavy atom. The summed E-state index contributed by atoms with van der Waals surface area (Å²) >= 11 is 0. The predicted octanol–water partition coefficient (Wildman–Crippen LogP) is 3.31. The molecule has 5 rings (SSSR count). The number of hydrogen-bond acceptors (Lipinski definition) is 8. The Morgan fingerprint density at radius 1 is 1.12 bits per heavy atom. The Labute approximate surface area is 185 Å². The second-order valence-electron chi connectivity index (χ2n) is 8.32. The highest BCUT2D eigenvalue weighted by Gasteiger charge is 2.18. The number of pyridine rings is 1. The van der Waals surface area contributed by atoms with Gasteiger partial charge in [0.15, 0.2) is 5.78 Å². The van der Waals surface area contributed by atoms with Crippen molar-refractivity contribution in [2.45, 2.75) is 26.8 Å². The molecule has 1 aromatic carbocycles. The number of hydrogen-bond donors (Lipinski definition) is 2. The van der Waals surface area contributed by atoms with E-state index in [1.165, 1.54) is 0 Å². The van der Waals surface area contributed by atoms with Gasteiger partial charge in [0.05, 0.1) is 23.6 Å². The van der Waals surface area contributed by atoms with Gasteiger partial charge in [-0.05, 0) is 39.0 Å². The largest absolute Gasteiger partial charge is 0.368 e. The van der Waals surface area contributed by atoms with Gasteiger partial charge < -0.3 is 15.5 Å². The minimum atomic E-state index is -0.00353. The quantitative estimate of drug-likeness (QED) is 0.465. The third kappa shape index (κ3) is 3.64. The summed E-state index contributed by atoms with van der Waals surface area (Å²) in [5.74, 6) is 1.13. The number of rotatable bonds is 5. The van der Waals surface area contributed by atoms with Crippen LogP contribution in [-0.4, -0.2) is 56.7 Å². The van der Waals surface area contributed by atoms with Gasteiger partial charge in [-0.3, -0.25) is 9.48 Å². The fourth-order valence-corrected chi connectivity index (χ4v) is 4.14. The second kappa shape index (κ2) is 8.16. The van der Waals surface area contributed by atoms with Gasteiger partial charge in [-0.2, -0.15) is 5.10 Å². The van der Waals surface area contributed by atoms with Crippen LogP contribution < -0.4 is 15.5 Å². The summed E-state index contributed by atoms with van der Waals surface area (Å²) in [6.07, 6.45) is 5.36. The van der Waals surface area contributed by atoms with Crippen molar-refractivity contribution in [2.24, 2.45) is 0 Å². The van der Waals surface area contributed by atoms with E-state index >= 15 is 0 Å². The van der Waals surface area contributed by atoms with Crippen LogP contribution >= 0.6 is 0 Å². The van der Waals surface area contributed by atoms with Crippen LogP contribution in [0.1, 0.15) is 37.2 Å². The molecule has 0 saturated carbocycles. The van der Waals surface area contributed by atoms with Gasteiger partial charge in [0.1, 0.15) is 11.3 Å². The van der Waals surface area contributed by atoms with Gasteiger partial charge in [-0.1, -0.05) is 0 Å². The molecule has 1 aliphatic rings. The lowest BCUT2D eigenvalue weighted by Crippen LogP contribution is -2.43. The van der Waals surface area contributed by atoms with Gasteiger partial charge >= 0.3 is 0 Å². The summed E-state index contributed by atoms with van der Waals surface area (Å²) in [6.45, 7) is 9.61. The molecule has 32 heavy (non-hydrogen) atoms. The third-order valence-electron chi connectivity index (χ3n) is 5.77. The van der Waals surface area contributed by atoms with Crippen LogP contribution in [0.2, 0.25) is 0 Å². The van der Waals surface area contributed by atoms with E-state index in [4.69, 9.17) is 4.98 Å². The minimum absolute atomic E-state index is 0.00353. The highest BCUT2D eigenvalue weighted by molar-refractivity contribution is 6.14. The lowest BCUT2D eigenvalue weighted by Gasteiger charge is -2.29. The smallest absolute Gasteiger partial charge is 0.228 e. The molecule has 0 aliphatic carbocycles. The Balaban J connectivity index is 1.51. The van der Waals surface area contributed by atoms with Crippen molar-refractivity contribution >= 4 is 45.0 Å². The summed E-state index contributed by atoms with van der Waals surface area (Å²) in [5.41, 5.74) is 3.34. The highest BCUT2D eigenvalue weighted by Crippen LogP contribution is 2.30. The number of Topliss-reactive ketones (excluding diaryl/α,β-unsaturated/α-hetero) is 1. The number of piperazine rings is 1. The van der Waals surface area contributed by atoms with Crippen molar-refractivity contribution in [3.8, 4) is 0 Å². The number of aromatic nitrogens is 5. The van der Waals surface area contributed by atoms with Gasteiger partial charge in [0.25, 0.3) is 0 Å². The Kier molecular flexibility index (Phi) is 5.18. The van der Waals surface area contributed by atoms with Gasteiger partial charge in [-0.25, -0.2) is 15.0 Å². The third-order valence-corrected chi connectivity index (χ3v) is 5.77. The van der Waals surface area contributed by atoms with Gasteiger partial charge in [0, 0.05) is 54.8 Å². The molecule has 0 bridgehead atoms. The maximum Gasteiger partial charge on any atom is 0.228 e. The molecule has 0 spiro atoms. The van der Waals surface area contributed by atoms with Crippen LogP contribution in [-0.2, 0) is 0 Å². The van der Waals surface area contributed by atoms with Crippen LogP contribution in [0.25, 0.3) is 21.8 Å². The zero-order valence-corrected chi connectivity index (χ0v) is 18.5. The minimum Gasteiger partial charge on any atom is -0.368 e. The molecule has 4 aromatic rings. The summed E-state index contributed by atoms with van der Waals surface area (Å²) in [4.78, 5) is 28.3. The monoisotopic (exact) mass is 430 g/mol. The zero-order chi connectivity index (χ0) is 22.2. The lowest BCUT2D eigenvalue weighted by atomic mass is 10.0. The van der Waals surface area contributed by atoms with E-state index in [-0.39, 0.29) is 11.8 Å². The summed E-state index contributed by atoms with van der Waals surface area (Å²) in [6, 6.07) is 5.98. The molecular weight excluding hydrogens is 404 g/mol. The fourth-order valence-electron chi connectivity index (χ4n) is 4.14. The number of anilines is 3. The molecule has 0 radical (unpaired) electrons. The number of carbonyl (C=O) groups excluding carboxylic acids is 1. The van der Waals surface area contributed by atoms with E-state index in [9.17, 15) is 4.79 Å². The van der Waals surface area contributed by atoms with Crippen LogP contribution in [0.5, 0.6) is 0 Å². The molecule has 1 fully saturated rings. The van der Waals surface area contributed by atoms with Crippen LogP contribution in [0.4, 0.5) is 17.5 Å². The Hall–Kier alpha value is -3.59. The maximum absolute atomic E-state index is 12.2. The first-order valence-electron chi connectivity index (χ1n) is 10.9. The number of nitrogens with one attached hydrogen (secondary N) is 2.